The van der Waals surface area contributed by atoms with Crippen molar-refractivity contribution in [2.75, 3.05) is 10.5 Å². The molecule has 0 radical (unpaired) electrons. The molecule has 0 aliphatic rings. The van der Waals surface area contributed by atoms with Gasteiger partial charge in [0.15, 0.2) is 5.82 Å². The Balaban J connectivity index is 2.50. The van der Waals surface area contributed by atoms with E-state index in [0.717, 1.165) is 11.6 Å². The van der Waals surface area contributed by atoms with E-state index >= 15 is 0 Å². The summed E-state index contributed by atoms with van der Waals surface area (Å²) in [6.45, 7) is 1.75. The Hall–Kier alpha value is -1.38. The van der Waals surface area contributed by atoms with Gasteiger partial charge in [0.1, 0.15) is 4.90 Å². The monoisotopic (exact) mass is 393 g/mol. The highest BCUT2D eigenvalue weighted by Crippen LogP contribution is 2.35. The normalized spacial score (nSPS) is 11.4. The fourth-order valence-corrected chi connectivity index (χ4v) is 3.33. The van der Waals surface area contributed by atoms with Crippen LogP contribution in [0.4, 0.5) is 15.8 Å². The lowest BCUT2D eigenvalue weighted by atomic mass is 10.3. The summed E-state index contributed by atoms with van der Waals surface area (Å²) in [7, 11) is -4.17. The molecule has 0 amide bonds. The molecule has 5 nitrogen and oxygen atoms in total. The van der Waals surface area contributed by atoms with Crippen LogP contribution in [-0.2, 0) is 10.0 Å². The first-order valence-electron chi connectivity index (χ1n) is 5.60. The van der Waals surface area contributed by atoms with Crippen molar-refractivity contribution in [3.63, 3.8) is 0 Å². The van der Waals surface area contributed by atoms with Gasteiger partial charge in [0.25, 0.3) is 10.0 Å². The number of nitrogens with one attached hydrogen (secondary N) is 1. The number of benzene rings is 1. The summed E-state index contributed by atoms with van der Waals surface area (Å²) in [5.41, 5.74) is 6.09. The average Bonchev–Trinajstić information content (AvgIpc) is 2.40. The smallest absolute Gasteiger partial charge is 0.265 e. The third kappa shape index (κ3) is 3.28. The summed E-state index contributed by atoms with van der Waals surface area (Å²) in [4.78, 5) is 3.22. The molecule has 0 bridgehead atoms. The van der Waals surface area contributed by atoms with E-state index in [-0.39, 0.29) is 20.9 Å². The minimum atomic E-state index is -4.17. The first-order valence-corrected chi connectivity index (χ1v) is 8.25. The minimum absolute atomic E-state index is 0.00311. The zero-order valence-corrected chi connectivity index (χ0v) is 13.9. The Kier molecular flexibility index (Phi) is 4.40. The number of hydrogen-bond donors (Lipinski definition) is 2. The molecule has 0 spiro atoms. The van der Waals surface area contributed by atoms with Gasteiger partial charge < -0.3 is 5.73 Å². The number of anilines is 2. The molecule has 0 aliphatic carbocycles. The summed E-state index contributed by atoms with van der Waals surface area (Å²) in [6, 6.07) is 2.55. The number of halogens is 3. The van der Waals surface area contributed by atoms with Crippen LogP contribution >= 0.6 is 27.5 Å². The van der Waals surface area contributed by atoms with E-state index in [2.05, 4.69) is 25.6 Å². The maximum atomic E-state index is 14.1. The molecule has 0 atom stereocenters. The molecule has 3 N–H and O–H groups in total. The van der Waals surface area contributed by atoms with Crippen molar-refractivity contribution in [2.24, 2.45) is 0 Å². The number of pyridine rings is 1. The highest BCUT2D eigenvalue weighted by Gasteiger charge is 2.24. The Morgan fingerprint density at radius 3 is 2.67 bits per heavy atom. The molecule has 0 saturated carbocycles. The number of rotatable bonds is 3. The highest BCUT2D eigenvalue weighted by molar-refractivity contribution is 9.10. The van der Waals surface area contributed by atoms with Gasteiger partial charge in [-0.1, -0.05) is 11.6 Å². The van der Waals surface area contributed by atoms with Crippen LogP contribution in [0.2, 0.25) is 5.02 Å². The van der Waals surface area contributed by atoms with Crippen molar-refractivity contribution in [3.8, 4) is 0 Å². The van der Waals surface area contributed by atoms with Crippen LogP contribution in [0.1, 0.15) is 5.56 Å². The van der Waals surface area contributed by atoms with E-state index < -0.39 is 20.7 Å². The Labute approximate surface area is 134 Å². The van der Waals surface area contributed by atoms with Crippen molar-refractivity contribution in [2.45, 2.75) is 11.8 Å². The Morgan fingerprint density at radius 1 is 1.38 bits per heavy atom. The van der Waals surface area contributed by atoms with E-state index in [1.807, 2.05) is 0 Å². The van der Waals surface area contributed by atoms with Gasteiger partial charge in [0.2, 0.25) is 0 Å². The van der Waals surface area contributed by atoms with Crippen molar-refractivity contribution in [1.29, 1.82) is 0 Å². The predicted octanol–water partition coefficient (Wildman–Crippen LogP) is 3.33. The first-order chi connectivity index (χ1) is 9.72. The van der Waals surface area contributed by atoms with Gasteiger partial charge in [-0.3, -0.25) is 9.71 Å². The van der Waals surface area contributed by atoms with Crippen molar-refractivity contribution in [3.05, 3.63) is 45.4 Å². The van der Waals surface area contributed by atoms with Crippen LogP contribution in [0.15, 0.2) is 33.9 Å². The molecule has 1 aromatic carbocycles. The van der Waals surface area contributed by atoms with E-state index in [0.29, 0.717) is 0 Å². The molecule has 9 heteroatoms. The number of nitrogens with zero attached hydrogens (tertiary/aromatic N) is 1. The third-order valence-corrected chi connectivity index (χ3v) is 5.33. The predicted molar refractivity (Wildman–Crippen MR) is 83.3 cm³/mol. The van der Waals surface area contributed by atoms with Gasteiger partial charge in [0, 0.05) is 6.20 Å². The fourth-order valence-electron chi connectivity index (χ4n) is 1.62. The van der Waals surface area contributed by atoms with E-state index in [1.165, 1.54) is 6.20 Å². The van der Waals surface area contributed by atoms with Gasteiger partial charge in [-0.05, 0) is 40.5 Å². The molecule has 0 saturated heterocycles. The number of nitrogen functional groups attached to an aromatic ring is 1. The van der Waals surface area contributed by atoms with Crippen LogP contribution in [0.3, 0.4) is 0 Å². The lowest BCUT2D eigenvalue weighted by molar-refractivity contribution is 0.572. The molecule has 1 heterocycles. The van der Waals surface area contributed by atoms with E-state index in [4.69, 9.17) is 17.3 Å². The second kappa shape index (κ2) is 5.78. The number of hydrogen-bond acceptors (Lipinski definition) is 4. The van der Waals surface area contributed by atoms with Gasteiger partial charge in [-0.2, -0.15) is 0 Å². The lowest BCUT2D eigenvalue weighted by Crippen LogP contribution is -2.16. The molecule has 1 aromatic heterocycles. The average molecular weight is 395 g/mol. The first kappa shape index (κ1) is 16.0. The third-order valence-electron chi connectivity index (χ3n) is 2.57. The molecule has 2 rings (SSSR count). The molecule has 2 aromatic rings. The molecule has 112 valence electrons. The minimum Gasteiger partial charge on any atom is -0.395 e. The zero-order valence-electron chi connectivity index (χ0n) is 10.7. The second-order valence-corrected chi connectivity index (χ2v) is 7.11. The maximum absolute atomic E-state index is 14.1. The summed E-state index contributed by atoms with van der Waals surface area (Å²) in [6.07, 6.45) is 2.87. The molecule has 0 fully saturated rings. The quantitative estimate of drug-likeness (QED) is 0.618. The molecular weight excluding hydrogens is 385 g/mol. The Bertz CT molecular complexity index is 814. The van der Waals surface area contributed by atoms with Crippen LogP contribution in [0.25, 0.3) is 0 Å². The molecule has 21 heavy (non-hydrogen) atoms. The second-order valence-electron chi connectivity index (χ2n) is 4.25. The molecular formula is C12H10BrClFN3O2S. The highest BCUT2D eigenvalue weighted by atomic mass is 79.9. The van der Waals surface area contributed by atoms with E-state index in [1.54, 1.807) is 19.2 Å². The van der Waals surface area contributed by atoms with Crippen molar-refractivity contribution in [1.82, 2.24) is 4.98 Å². The summed E-state index contributed by atoms with van der Waals surface area (Å²) in [5, 5.41) is -0.00311. The number of aromatic nitrogens is 1. The standard InChI is InChI=1S/C12H10BrClFN3O2S/c1-6-2-7(5-17-4-6)18-21(19,20)9-3-8(14)10(13)12(16)11(9)15/h2-5,18H,16H2,1H3. The molecule has 0 aliphatic heterocycles. The SMILES string of the molecule is Cc1cncc(NS(=O)(=O)c2cc(Cl)c(Br)c(N)c2F)c1. The summed E-state index contributed by atoms with van der Waals surface area (Å²) in [5.74, 6) is -1.07. The van der Waals surface area contributed by atoms with Crippen molar-refractivity contribution < 1.29 is 12.8 Å². The maximum Gasteiger partial charge on any atom is 0.265 e. The number of nitrogens with two attached hydrogens (primary N) is 1. The molecule has 0 unspecified atom stereocenters. The van der Waals surface area contributed by atoms with Crippen LogP contribution < -0.4 is 10.5 Å². The van der Waals surface area contributed by atoms with Gasteiger partial charge in [-0.25, -0.2) is 12.8 Å². The lowest BCUT2D eigenvalue weighted by Gasteiger charge is -2.12. The number of sulfonamides is 1. The zero-order chi connectivity index (χ0) is 15.8. The summed E-state index contributed by atoms with van der Waals surface area (Å²) < 4.78 is 40.9. The van der Waals surface area contributed by atoms with Crippen LogP contribution in [-0.4, -0.2) is 13.4 Å². The Morgan fingerprint density at radius 2 is 2.05 bits per heavy atom. The van der Waals surface area contributed by atoms with Gasteiger partial charge >= 0.3 is 0 Å². The number of aryl methyl sites for hydroxylation is 1. The topological polar surface area (TPSA) is 85.1 Å². The largest absolute Gasteiger partial charge is 0.395 e. The van der Waals surface area contributed by atoms with Crippen LogP contribution in [0, 0.1) is 12.7 Å². The summed E-state index contributed by atoms with van der Waals surface area (Å²) >= 11 is 8.81. The van der Waals surface area contributed by atoms with Gasteiger partial charge in [-0.15, -0.1) is 0 Å². The van der Waals surface area contributed by atoms with E-state index in [9.17, 15) is 12.8 Å². The van der Waals surface area contributed by atoms with Crippen LogP contribution in [0.5, 0.6) is 0 Å². The van der Waals surface area contributed by atoms with Gasteiger partial charge in [0.05, 0.1) is 27.1 Å². The fraction of sp³-hybridized carbons (Fsp3) is 0.0833. The van der Waals surface area contributed by atoms with Crippen molar-refractivity contribution >= 4 is 48.9 Å².